The van der Waals surface area contributed by atoms with Gasteiger partial charge >= 0.3 is 0 Å². The topological polar surface area (TPSA) is 94.4 Å². The summed E-state index contributed by atoms with van der Waals surface area (Å²) in [5.74, 6) is 2.40. The van der Waals surface area contributed by atoms with Gasteiger partial charge in [0, 0.05) is 18.5 Å². The highest BCUT2D eigenvalue weighted by Crippen LogP contribution is 2.32. The molecule has 5 heteroatoms. The number of nitrogens with one attached hydrogen (secondary N) is 1. The molecule has 0 aromatic heterocycles. The number of allylic oxidation sites excluding steroid dienone is 1. The van der Waals surface area contributed by atoms with E-state index in [9.17, 15) is 0 Å². The molecule has 0 aliphatic carbocycles. The number of aryl methyl sites for hydroxylation is 1. The average Bonchev–Trinajstić information content (AvgIpc) is 2.62. The van der Waals surface area contributed by atoms with Gasteiger partial charge in [-0.05, 0) is 72.5 Å². The van der Waals surface area contributed by atoms with Crippen LogP contribution in [0.1, 0.15) is 17.5 Å². The number of fused-ring (bicyclic) bond motifs is 1. The summed E-state index contributed by atoms with van der Waals surface area (Å²) in [6.07, 6.45) is 4.70. The van der Waals surface area contributed by atoms with Gasteiger partial charge in [0.25, 0.3) is 0 Å². The quantitative estimate of drug-likeness (QED) is 0.737. The maximum atomic E-state index is 7.05. The van der Waals surface area contributed by atoms with Crippen LogP contribution >= 0.6 is 0 Å². The van der Waals surface area contributed by atoms with Crippen molar-refractivity contribution in [2.45, 2.75) is 18.9 Å². The first kappa shape index (κ1) is 16.1. The summed E-state index contributed by atoms with van der Waals surface area (Å²) in [4.78, 5) is 0. The average molecular weight is 323 g/mol. The molecular formula is C19H21N3O2. The fourth-order valence-corrected chi connectivity index (χ4v) is 2.69. The molecule has 0 amide bonds. The third kappa shape index (κ3) is 3.58. The molecule has 2 aromatic rings. The third-order valence-corrected chi connectivity index (χ3v) is 4.01. The molecule has 1 heterocycles. The minimum absolute atomic E-state index is 0.108. The second-order valence-electron chi connectivity index (χ2n) is 5.70. The lowest BCUT2D eigenvalue weighted by Gasteiger charge is -2.25. The van der Waals surface area contributed by atoms with E-state index < -0.39 is 0 Å². The number of nitrogens with two attached hydrogens (primary N) is 2. The van der Waals surface area contributed by atoms with E-state index in [1.807, 2.05) is 42.5 Å². The first-order valence-corrected chi connectivity index (χ1v) is 7.94. The molecule has 0 spiro atoms. The van der Waals surface area contributed by atoms with Gasteiger partial charge < -0.3 is 26.4 Å². The lowest BCUT2D eigenvalue weighted by Crippen LogP contribution is -2.30. The normalized spacial score (nSPS) is 16.9. The van der Waals surface area contributed by atoms with E-state index in [1.54, 1.807) is 6.08 Å². The van der Waals surface area contributed by atoms with Crippen LogP contribution in [0.25, 0.3) is 5.70 Å². The zero-order valence-corrected chi connectivity index (χ0v) is 13.4. The maximum Gasteiger partial charge on any atom is 0.127 e. The Morgan fingerprint density at radius 1 is 1.21 bits per heavy atom. The van der Waals surface area contributed by atoms with Gasteiger partial charge in [-0.25, -0.2) is 0 Å². The van der Waals surface area contributed by atoms with Crippen molar-refractivity contribution in [2.75, 3.05) is 6.54 Å². The second kappa shape index (κ2) is 7.19. The van der Waals surface area contributed by atoms with Gasteiger partial charge in [-0.2, -0.15) is 0 Å². The smallest absolute Gasteiger partial charge is 0.127 e. The molecule has 0 fully saturated rings. The van der Waals surface area contributed by atoms with Crippen LogP contribution in [0.2, 0.25) is 0 Å². The summed E-state index contributed by atoms with van der Waals surface area (Å²) in [5.41, 5.74) is 14.1. The molecular weight excluding hydrogens is 302 g/mol. The van der Waals surface area contributed by atoms with E-state index in [0.29, 0.717) is 12.2 Å². The number of hydrogen-bond donors (Lipinski definition) is 3. The largest absolute Gasteiger partial charge is 0.489 e. The number of benzene rings is 2. The van der Waals surface area contributed by atoms with Crippen molar-refractivity contribution in [2.24, 2.45) is 11.5 Å². The van der Waals surface area contributed by atoms with Gasteiger partial charge in [-0.3, -0.25) is 0 Å². The van der Waals surface area contributed by atoms with Crippen molar-refractivity contribution >= 4 is 11.9 Å². The highest BCUT2D eigenvalue weighted by molar-refractivity contribution is 5.81. The first-order chi connectivity index (χ1) is 11.7. The van der Waals surface area contributed by atoms with Gasteiger partial charge in [0.15, 0.2) is 0 Å². The Bertz CT molecular complexity index is 754. The molecule has 1 unspecified atom stereocenters. The number of hydrogen-bond acceptors (Lipinski definition) is 5. The SMILES string of the molecule is N=C/C=C(\N)c1ccc(Oc2ccc3c(c2)CCC(CN)O3)cc1. The maximum absolute atomic E-state index is 7.05. The molecule has 1 aliphatic rings. The van der Waals surface area contributed by atoms with Crippen LogP contribution in [0.4, 0.5) is 0 Å². The minimum Gasteiger partial charge on any atom is -0.489 e. The van der Waals surface area contributed by atoms with E-state index >= 15 is 0 Å². The van der Waals surface area contributed by atoms with E-state index in [0.717, 1.165) is 41.2 Å². The zero-order valence-electron chi connectivity index (χ0n) is 13.4. The highest BCUT2D eigenvalue weighted by atomic mass is 16.5. The summed E-state index contributed by atoms with van der Waals surface area (Å²) in [7, 11) is 0. The molecule has 2 aromatic carbocycles. The van der Waals surface area contributed by atoms with E-state index in [1.165, 1.54) is 6.21 Å². The van der Waals surface area contributed by atoms with Crippen molar-refractivity contribution in [1.29, 1.82) is 5.41 Å². The molecule has 5 nitrogen and oxygen atoms in total. The van der Waals surface area contributed by atoms with Gasteiger partial charge in [0.1, 0.15) is 23.4 Å². The Hall–Kier alpha value is -2.79. The second-order valence-corrected chi connectivity index (χ2v) is 5.70. The molecule has 1 aliphatic heterocycles. The van der Waals surface area contributed by atoms with Crippen molar-refractivity contribution in [3.8, 4) is 17.2 Å². The summed E-state index contributed by atoms with van der Waals surface area (Å²) >= 11 is 0. The van der Waals surface area contributed by atoms with Gasteiger partial charge in [-0.15, -0.1) is 0 Å². The summed E-state index contributed by atoms with van der Waals surface area (Å²) in [5, 5.41) is 7.05. The zero-order chi connectivity index (χ0) is 16.9. The Labute approximate surface area is 141 Å². The Balaban J connectivity index is 1.73. The van der Waals surface area contributed by atoms with Crippen molar-refractivity contribution in [3.63, 3.8) is 0 Å². The van der Waals surface area contributed by atoms with Crippen molar-refractivity contribution in [1.82, 2.24) is 0 Å². The molecule has 0 radical (unpaired) electrons. The first-order valence-electron chi connectivity index (χ1n) is 7.94. The fraction of sp³-hybridized carbons (Fsp3) is 0.211. The molecule has 124 valence electrons. The van der Waals surface area contributed by atoms with Crippen molar-refractivity contribution < 1.29 is 9.47 Å². The molecule has 0 saturated heterocycles. The predicted molar refractivity (Wildman–Crippen MR) is 95.7 cm³/mol. The van der Waals surface area contributed by atoms with Gasteiger partial charge in [0.2, 0.25) is 0 Å². The van der Waals surface area contributed by atoms with Crippen LogP contribution in [0, 0.1) is 5.41 Å². The van der Waals surface area contributed by atoms with Crippen LogP contribution in [0.5, 0.6) is 17.2 Å². The van der Waals surface area contributed by atoms with Gasteiger partial charge in [0.05, 0.1) is 0 Å². The van der Waals surface area contributed by atoms with Crippen LogP contribution in [0.15, 0.2) is 48.5 Å². The molecule has 0 bridgehead atoms. The molecule has 5 N–H and O–H groups in total. The van der Waals surface area contributed by atoms with Gasteiger partial charge in [-0.1, -0.05) is 0 Å². The Kier molecular flexibility index (Phi) is 4.82. The minimum atomic E-state index is 0.108. The fourth-order valence-electron chi connectivity index (χ4n) is 2.69. The molecule has 3 rings (SSSR count). The lowest BCUT2D eigenvalue weighted by atomic mass is 10.0. The van der Waals surface area contributed by atoms with Crippen LogP contribution in [-0.4, -0.2) is 18.9 Å². The van der Waals surface area contributed by atoms with E-state index in [4.69, 9.17) is 26.4 Å². The van der Waals surface area contributed by atoms with E-state index in [2.05, 4.69) is 0 Å². The Morgan fingerprint density at radius 2 is 1.96 bits per heavy atom. The highest BCUT2D eigenvalue weighted by Gasteiger charge is 2.18. The molecule has 1 atom stereocenters. The standard InChI is InChI=1S/C19H21N3O2/c20-10-9-18(22)13-1-4-15(5-2-13)23-16-7-8-19-14(11-16)3-6-17(12-21)24-19/h1-2,4-5,7-11,17,20H,3,6,12,21-22H2/b18-9-,20-10?. The van der Waals surface area contributed by atoms with Crippen LogP contribution < -0.4 is 20.9 Å². The molecule has 24 heavy (non-hydrogen) atoms. The molecule has 0 saturated carbocycles. The number of rotatable bonds is 5. The summed E-state index contributed by atoms with van der Waals surface area (Å²) in [6, 6.07) is 13.3. The number of ether oxygens (including phenoxy) is 2. The third-order valence-electron chi connectivity index (χ3n) is 4.01. The monoisotopic (exact) mass is 323 g/mol. The summed E-state index contributed by atoms with van der Waals surface area (Å²) in [6.45, 7) is 0.541. The van der Waals surface area contributed by atoms with Crippen LogP contribution in [0.3, 0.4) is 0 Å². The summed E-state index contributed by atoms with van der Waals surface area (Å²) < 4.78 is 11.7. The van der Waals surface area contributed by atoms with Crippen molar-refractivity contribution in [3.05, 3.63) is 59.7 Å². The predicted octanol–water partition coefficient (Wildman–Crippen LogP) is 3.08. The van der Waals surface area contributed by atoms with Crippen LogP contribution in [-0.2, 0) is 6.42 Å². The lowest BCUT2D eigenvalue weighted by molar-refractivity contribution is 0.181. The van der Waals surface area contributed by atoms with E-state index in [-0.39, 0.29) is 6.10 Å². The Morgan fingerprint density at radius 3 is 2.67 bits per heavy atom.